The molecular weight excluding hydrogens is 436 g/mol. The Morgan fingerprint density at radius 2 is 1.97 bits per heavy atom. The lowest BCUT2D eigenvalue weighted by Gasteiger charge is -2.42. The number of hydrogen-bond donors (Lipinski definition) is 1. The zero-order valence-electron chi connectivity index (χ0n) is 21.0. The minimum absolute atomic E-state index is 0.00657. The van der Waals surface area contributed by atoms with Gasteiger partial charge in [-0.15, -0.1) is 13.2 Å². The second-order valence-electron chi connectivity index (χ2n) is 10.8. The SMILES string of the molecule is C=CCCOC(=O)[C@@H]1[C@H]2C(=O)N(CCCCO)C(C(=O)N(CC=C)C(C)(C)C)C23CC[C@@]1(C)O3. The van der Waals surface area contributed by atoms with Gasteiger partial charge in [0.05, 0.1) is 18.1 Å². The van der Waals surface area contributed by atoms with Crippen LogP contribution in [0.4, 0.5) is 0 Å². The summed E-state index contributed by atoms with van der Waals surface area (Å²) in [5.41, 5.74) is -2.43. The fourth-order valence-electron chi connectivity index (χ4n) is 6.00. The predicted octanol–water partition coefficient (Wildman–Crippen LogP) is 2.46. The van der Waals surface area contributed by atoms with Gasteiger partial charge in [0.1, 0.15) is 17.6 Å². The molecule has 0 saturated carbocycles. The molecule has 0 aromatic carbocycles. The van der Waals surface area contributed by atoms with Crippen molar-refractivity contribution in [3.05, 3.63) is 25.3 Å². The zero-order chi connectivity index (χ0) is 25.3. The fourth-order valence-corrected chi connectivity index (χ4v) is 6.00. The molecule has 0 radical (unpaired) electrons. The van der Waals surface area contributed by atoms with Crippen LogP contribution in [0.25, 0.3) is 0 Å². The lowest BCUT2D eigenvalue weighted by Crippen LogP contribution is -2.60. The normalized spacial score (nSPS) is 32.0. The van der Waals surface area contributed by atoms with Crippen LogP contribution in [0.5, 0.6) is 0 Å². The molecule has 0 aromatic heterocycles. The van der Waals surface area contributed by atoms with Crippen LogP contribution >= 0.6 is 0 Å². The smallest absolute Gasteiger partial charge is 0.312 e. The molecule has 3 rings (SSSR count). The molecule has 3 aliphatic heterocycles. The number of nitrogens with zero attached hydrogens (tertiary/aromatic N) is 2. The van der Waals surface area contributed by atoms with Crippen LogP contribution in [0.1, 0.15) is 59.8 Å². The number of aliphatic hydroxyl groups is 1. The van der Waals surface area contributed by atoms with Gasteiger partial charge in [-0.1, -0.05) is 12.2 Å². The maximum atomic E-state index is 14.1. The molecule has 1 N–H and O–H groups in total. The van der Waals surface area contributed by atoms with Gasteiger partial charge in [0.15, 0.2) is 0 Å². The minimum Gasteiger partial charge on any atom is -0.465 e. The van der Waals surface area contributed by atoms with Crippen molar-refractivity contribution in [2.75, 3.05) is 26.3 Å². The number of ether oxygens (including phenoxy) is 2. The topological polar surface area (TPSA) is 96.4 Å². The summed E-state index contributed by atoms with van der Waals surface area (Å²) in [6.45, 7) is 16.0. The Hall–Kier alpha value is -2.19. The monoisotopic (exact) mass is 476 g/mol. The Morgan fingerprint density at radius 1 is 1.26 bits per heavy atom. The molecule has 3 fully saturated rings. The van der Waals surface area contributed by atoms with Crippen molar-refractivity contribution < 1.29 is 29.0 Å². The van der Waals surface area contributed by atoms with Crippen LogP contribution in [-0.4, -0.2) is 81.8 Å². The third-order valence-corrected chi connectivity index (χ3v) is 7.53. The Balaban J connectivity index is 2.03. The summed E-state index contributed by atoms with van der Waals surface area (Å²) in [5, 5.41) is 9.28. The van der Waals surface area contributed by atoms with Crippen LogP contribution < -0.4 is 0 Å². The van der Waals surface area contributed by atoms with E-state index < -0.39 is 40.6 Å². The van der Waals surface area contributed by atoms with E-state index in [-0.39, 0.29) is 25.0 Å². The number of fused-ring (bicyclic) bond motifs is 1. The molecule has 2 bridgehead atoms. The Labute approximate surface area is 202 Å². The van der Waals surface area contributed by atoms with E-state index in [2.05, 4.69) is 13.2 Å². The molecule has 1 spiro atoms. The molecule has 34 heavy (non-hydrogen) atoms. The highest BCUT2D eigenvalue weighted by Crippen LogP contribution is 2.63. The second kappa shape index (κ2) is 9.82. The third kappa shape index (κ3) is 4.31. The standard InChI is InChI=1S/C26H40N2O6/c1-7-9-17-33-23(32)19-18-21(30)27(15-10-11-16-29)20(26(18)13-12-25(19,6)34-26)22(31)28(14-8-2)24(3,4)5/h7-8,18-20,29H,1-2,9-17H2,3-6H3/t18-,19-,20?,25+,26?/m0/s1. The highest BCUT2D eigenvalue weighted by atomic mass is 16.6. The van der Waals surface area contributed by atoms with Gasteiger partial charge in [-0.2, -0.15) is 0 Å². The largest absolute Gasteiger partial charge is 0.465 e. The quantitative estimate of drug-likeness (QED) is 0.280. The molecule has 3 saturated heterocycles. The lowest BCUT2D eigenvalue weighted by atomic mass is 9.66. The molecule has 190 valence electrons. The average Bonchev–Trinajstić information content (AvgIpc) is 3.32. The van der Waals surface area contributed by atoms with E-state index in [0.717, 1.165) is 0 Å². The van der Waals surface area contributed by atoms with Gasteiger partial charge in [0.2, 0.25) is 11.8 Å². The van der Waals surface area contributed by atoms with Gasteiger partial charge < -0.3 is 24.4 Å². The number of hydrogen-bond acceptors (Lipinski definition) is 6. The highest BCUT2D eigenvalue weighted by Gasteiger charge is 2.78. The van der Waals surface area contributed by atoms with E-state index in [1.807, 2.05) is 27.7 Å². The van der Waals surface area contributed by atoms with Gasteiger partial charge >= 0.3 is 5.97 Å². The molecular formula is C26H40N2O6. The molecule has 2 unspecified atom stereocenters. The summed E-state index contributed by atoms with van der Waals surface area (Å²) in [6.07, 6.45) is 6.04. The number of esters is 1. The first-order valence-corrected chi connectivity index (χ1v) is 12.3. The first-order valence-electron chi connectivity index (χ1n) is 12.3. The summed E-state index contributed by atoms with van der Waals surface area (Å²) in [6, 6.07) is -0.837. The maximum Gasteiger partial charge on any atom is 0.312 e. The van der Waals surface area contributed by atoms with E-state index in [0.29, 0.717) is 45.2 Å². The first-order chi connectivity index (χ1) is 16.0. The fraction of sp³-hybridized carbons (Fsp3) is 0.731. The van der Waals surface area contributed by atoms with E-state index in [9.17, 15) is 19.5 Å². The first kappa shape index (κ1) is 26.4. The third-order valence-electron chi connectivity index (χ3n) is 7.53. The molecule has 3 aliphatic rings. The Morgan fingerprint density at radius 3 is 2.56 bits per heavy atom. The lowest BCUT2D eigenvalue weighted by molar-refractivity contribution is -0.161. The molecule has 5 atom stereocenters. The van der Waals surface area contributed by atoms with Gasteiger partial charge in [0.25, 0.3) is 0 Å². The predicted molar refractivity (Wildman–Crippen MR) is 128 cm³/mol. The summed E-state index contributed by atoms with van der Waals surface area (Å²) in [4.78, 5) is 44.5. The van der Waals surface area contributed by atoms with Crippen LogP contribution in [0.3, 0.4) is 0 Å². The number of likely N-dealkylation sites (tertiary alicyclic amines) is 1. The van der Waals surface area contributed by atoms with E-state index in [1.165, 1.54) is 0 Å². The van der Waals surface area contributed by atoms with Gasteiger partial charge in [-0.05, 0) is 59.8 Å². The Bertz CT molecular complexity index is 836. The molecule has 0 aliphatic carbocycles. The van der Waals surface area contributed by atoms with Crippen molar-refractivity contribution in [1.29, 1.82) is 0 Å². The van der Waals surface area contributed by atoms with Gasteiger partial charge in [0, 0.05) is 25.2 Å². The molecule has 2 amide bonds. The van der Waals surface area contributed by atoms with Crippen LogP contribution in [0.2, 0.25) is 0 Å². The molecule has 3 heterocycles. The minimum atomic E-state index is -1.07. The van der Waals surface area contributed by atoms with Gasteiger partial charge in [-0.25, -0.2) is 0 Å². The van der Waals surface area contributed by atoms with Crippen LogP contribution in [-0.2, 0) is 23.9 Å². The summed E-state index contributed by atoms with van der Waals surface area (Å²) >= 11 is 0. The number of amides is 2. The average molecular weight is 477 g/mol. The van der Waals surface area contributed by atoms with Crippen molar-refractivity contribution in [1.82, 2.24) is 9.80 Å². The van der Waals surface area contributed by atoms with Gasteiger partial charge in [-0.3, -0.25) is 14.4 Å². The number of unbranched alkanes of at least 4 members (excludes halogenated alkanes) is 1. The second-order valence-corrected chi connectivity index (χ2v) is 10.8. The number of carbonyl (C=O) groups excluding carboxylic acids is 3. The number of aliphatic hydroxyl groups excluding tert-OH is 1. The Kier molecular flexibility index (Phi) is 7.63. The van der Waals surface area contributed by atoms with Crippen molar-refractivity contribution in [3.8, 4) is 0 Å². The maximum absolute atomic E-state index is 14.1. The van der Waals surface area contributed by atoms with Crippen molar-refractivity contribution in [2.24, 2.45) is 11.8 Å². The number of rotatable bonds is 11. The summed E-state index contributed by atoms with van der Waals surface area (Å²) < 4.78 is 12.1. The summed E-state index contributed by atoms with van der Waals surface area (Å²) in [5.74, 6) is -2.42. The highest BCUT2D eigenvalue weighted by molar-refractivity contribution is 5.98. The summed E-state index contributed by atoms with van der Waals surface area (Å²) in [7, 11) is 0. The van der Waals surface area contributed by atoms with E-state index in [4.69, 9.17) is 9.47 Å². The number of carbonyl (C=O) groups is 3. The van der Waals surface area contributed by atoms with E-state index >= 15 is 0 Å². The molecule has 0 aromatic rings. The molecule has 8 heteroatoms. The van der Waals surface area contributed by atoms with Crippen molar-refractivity contribution >= 4 is 17.8 Å². The zero-order valence-corrected chi connectivity index (χ0v) is 21.0. The van der Waals surface area contributed by atoms with Crippen molar-refractivity contribution in [2.45, 2.75) is 82.6 Å². The van der Waals surface area contributed by atoms with E-state index in [1.54, 1.807) is 22.0 Å². The van der Waals surface area contributed by atoms with Crippen molar-refractivity contribution in [3.63, 3.8) is 0 Å². The van der Waals surface area contributed by atoms with Crippen LogP contribution in [0.15, 0.2) is 25.3 Å². The molecule has 8 nitrogen and oxygen atoms in total. The van der Waals surface area contributed by atoms with Crippen LogP contribution in [0, 0.1) is 11.8 Å².